The molecule has 4 nitrogen and oxygen atoms in total. The first kappa shape index (κ1) is 8.29. The maximum Gasteiger partial charge on any atom is 0.317 e. The lowest BCUT2D eigenvalue weighted by Crippen LogP contribution is -2.18. The molecule has 0 radical (unpaired) electrons. The van der Waals surface area contributed by atoms with Crippen LogP contribution in [0, 0.1) is 6.92 Å². The van der Waals surface area contributed by atoms with Gasteiger partial charge in [-0.3, -0.25) is 5.32 Å². The van der Waals surface area contributed by atoms with Gasteiger partial charge in [-0.2, -0.15) is 4.37 Å². The summed E-state index contributed by atoms with van der Waals surface area (Å²) in [6.07, 6.45) is 0. The van der Waals surface area contributed by atoms with Crippen LogP contribution in [0.2, 0.25) is 5.02 Å². The van der Waals surface area contributed by atoms with E-state index in [1.54, 1.807) is 6.92 Å². The molecular weight excluding hydrogens is 186 g/mol. The van der Waals surface area contributed by atoms with Crippen LogP contribution < -0.4 is 11.1 Å². The van der Waals surface area contributed by atoms with E-state index in [0.717, 1.165) is 11.5 Å². The molecule has 2 amide bonds. The van der Waals surface area contributed by atoms with Crippen molar-refractivity contribution in [3.05, 3.63) is 10.7 Å². The fourth-order valence-electron chi connectivity index (χ4n) is 0.548. The highest BCUT2D eigenvalue weighted by Gasteiger charge is 2.08. The molecule has 0 aliphatic rings. The highest BCUT2D eigenvalue weighted by molar-refractivity contribution is 7.11. The van der Waals surface area contributed by atoms with Crippen LogP contribution in [-0.4, -0.2) is 10.4 Å². The largest absolute Gasteiger partial charge is 0.351 e. The van der Waals surface area contributed by atoms with Gasteiger partial charge in [0.25, 0.3) is 0 Å². The van der Waals surface area contributed by atoms with Crippen LogP contribution in [0.1, 0.15) is 5.69 Å². The van der Waals surface area contributed by atoms with Gasteiger partial charge < -0.3 is 5.73 Å². The molecule has 0 aliphatic heterocycles. The Kier molecular flexibility index (Phi) is 2.31. The number of nitrogens with one attached hydrogen (secondary N) is 1. The second-order valence-corrected chi connectivity index (χ2v) is 3.05. The number of halogens is 1. The average molecular weight is 192 g/mol. The van der Waals surface area contributed by atoms with E-state index >= 15 is 0 Å². The third kappa shape index (κ3) is 1.81. The molecule has 0 spiro atoms. The van der Waals surface area contributed by atoms with Crippen molar-refractivity contribution in [2.45, 2.75) is 6.92 Å². The number of nitrogens with zero attached hydrogens (tertiary/aromatic N) is 1. The van der Waals surface area contributed by atoms with Crippen molar-refractivity contribution in [1.82, 2.24) is 4.37 Å². The van der Waals surface area contributed by atoms with E-state index in [2.05, 4.69) is 9.69 Å². The van der Waals surface area contributed by atoms with Crippen LogP contribution in [0.4, 0.5) is 9.80 Å². The minimum absolute atomic E-state index is 0.453. The lowest BCUT2D eigenvalue weighted by Gasteiger charge is -1.94. The molecule has 1 aromatic rings. The third-order valence-electron chi connectivity index (χ3n) is 1.03. The number of aryl methyl sites for hydroxylation is 1. The van der Waals surface area contributed by atoms with E-state index in [9.17, 15) is 4.79 Å². The zero-order chi connectivity index (χ0) is 8.43. The molecule has 0 saturated heterocycles. The van der Waals surface area contributed by atoms with Crippen molar-refractivity contribution in [2.24, 2.45) is 5.73 Å². The van der Waals surface area contributed by atoms with E-state index in [-0.39, 0.29) is 0 Å². The number of aromatic nitrogens is 1. The van der Waals surface area contributed by atoms with E-state index < -0.39 is 6.03 Å². The molecule has 0 atom stereocenters. The van der Waals surface area contributed by atoms with Crippen molar-refractivity contribution in [2.75, 3.05) is 5.32 Å². The quantitative estimate of drug-likeness (QED) is 0.708. The minimum atomic E-state index is -0.629. The maximum atomic E-state index is 10.4. The Morgan fingerprint density at radius 3 is 2.82 bits per heavy atom. The summed E-state index contributed by atoms with van der Waals surface area (Å²) in [6, 6.07) is -0.629. The first-order chi connectivity index (χ1) is 5.11. The van der Waals surface area contributed by atoms with Gasteiger partial charge in [0.2, 0.25) is 0 Å². The predicted molar refractivity (Wildman–Crippen MR) is 45.1 cm³/mol. The van der Waals surface area contributed by atoms with Crippen LogP contribution in [0.5, 0.6) is 0 Å². The number of carbonyl (C=O) groups excluding carboxylic acids is 1. The second kappa shape index (κ2) is 3.06. The summed E-state index contributed by atoms with van der Waals surface area (Å²) in [4.78, 5) is 10.4. The van der Waals surface area contributed by atoms with Crippen LogP contribution >= 0.6 is 23.1 Å². The Balaban J connectivity index is 2.87. The first-order valence-corrected chi connectivity index (χ1v) is 3.94. The number of anilines is 1. The SMILES string of the molecule is Cc1nsc(NC(N)=O)c1Cl. The second-order valence-electron chi connectivity index (χ2n) is 1.90. The Labute approximate surface area is 72.5 Å². The number of rotatable bonds is 1. The van der Waals surface area contributed by atoms with Gasteiger partial charge in [-0.1, -0.05) is 11.6 Å². The van der Waals surface area contributed by atoms with Gasteiger partial charge in [0.15, 0.2) is 0 Å². The van der Waals surface area contributed by atoms with Gasteiger partial charge in [-0.05, 0) is 18.5 Å². The van der Waals surface area contributed by atoms with Gasteiger partial charge in [0.05, 0.1) is 10.7 Å². The molecular formula is C5H6ClN3OS. The number of amides is 2. The summed E-state index contributed by atoms with van der Waals surface area (Å²) in [5.41, 5.74) is 5.57. The Morgan fingerprint density at radius 1 is 1.82 bits per heavy atom. The molecule has 1 rings (SSSR count). The zero-order valence-corrected chi connectivity index (χ0v) is 7.29. The van der Waals surface area contributed by atoms with Gasteiger partial charge >= 0.3 is 6.03 Å². The zero-order valence-electron chi connectivity index (χ0n) is 5.72. The van der Waals surface area contributed by atoms with E-state index in [0.29, 0.717) is 15.7 Å². The summed E-state index contributed by atoms with van der Waals surface area (Å²) in [5.74, 6) is 0. The lowest BCUT2D eigenvalue weighted by atomic mass is 10.5. The molecule has 0 bridgehead atoms. The van der Waals surface area contributed by atoms with Crippen molar-refractivity contribution < 1.29 is 4.79 Å². The Bertz CT molecular complexity index is 285. The highest BCUT2D eigenvalue weighted by Crippen LogP contribution is 2.28. The highest BCUT2D eigenvalue weighted by atomic mass is 35.5. The van der Waals surface area contributed by atoms with E-state index in [4.69, 9.17) is 17.3 Å². The fourth-order valence-corrected chi connectivity index (χ4v) is 1.48. The first-order valence-electron chi connectivity index (χ1n) is 2.79. The molecule has 0 aromatic carbocycles. The van der Waals surface area contributed by atoms with E-state index in [1.165, 1.54) is 0 Å². The summed E-state index contributed by atoms with van der Waals surface area (Å²) in [5, 5.41) is 3.31. The molecule has 6 heteroatoms. The third-order valence-corrected chi connectivity index (χ3v) is 2.46. The van der Waals surface area contributed by atoms with Crippen molar-refractivity contribution >= 4 is 34.2 Å². The molecule has 0 aliphatic carbocycles. The molecule has 1 heterocycles. The number of hydrogen-bond donors (Lipinski definition) is 2. The van der Waals surface area contributed by atoms with Crippen LogP contribution in [0.25, 0.3) is 0 Å². The van der Waals surface area contributed by atoms with E-state index in [1.807, 2.05) is 0 Å². The fraction of sp³-hybridized carbons (Fsp3) is 0.200. The average Bonchev–Trinajstić information content (AvgIpc) is 2.18. The summed E-state index contributed by atoms with van der Waals surface area (Å²) >= 11 is 6.84. The number of nitrogens with two attached hydrogens (primary N) is 1. The molecule has 1 aromatic heterocycles. The Morgan fingerprint density at radius 2 is 2.45 bits per heavy atom. The molecule has 0 saturated carbocycles. The van der Waals surface area contributed by atoms with Gasteiger partial charge in [0, 0.05) is 0 Å². The maximum absolute atomic E-state index is 10.4. The standard InChI is InChI=1S/C5H6ClN3OS/c1-2-3(6)4(11-9-2)8-5(7)10/h1H3,(H3,7,8,10). The molecule has 0 unspecified atom stereocenters. The summed E-state index contributed by atoms with van der Waals surface area (Å²) in [7, 11) is 0. The molecule has 60 valence electrons. The lowest BCUT2D eigenvalue weighted by molar-refractivity contribution is 0.259. The number of primary amides is 1. The minimum Gasteiger partial charge on any atom is -0.351 e. The van der Waals surface area contributed by atoms with Gasteiger partial charge in [-0.25, -0.2) is 4.79 Å². The summed E-state index contributed by atoms with van der Waals surface area (Å²) in [6.45, 7) is 1.75. The Hall–Kier alpha value is -0.810. The molecule has 0 fully saturated rings. The van der Waals surface area contributed by atoms with Gasteiger partial charge in [0.1, 0.15) is 5.00 Å². The summed E-state index contributed by atoms with van der Waals surface area (Å²) < 4.78 is 3.91. The molecule has 11 heavy (non-hydrogen) atoms. The van der Waals surface area contributed by atoms with Crippen LogP contribution in [0.15, 0.2) is 0 Å². The topological polar surface area (TPSA) is 68.0 Å². The smallest absolute Gasteiger partial charge is 0.317 e. The molecule has 3 N–H and O–H groups in total. The number of hydrogen-bond acceptors (Lipinski definition) is 3. The number of urea groups is 1. The van der Waals surface area contributed by atoms with Crippen molar-refractivity contribution in [3.8, 4) is 0 Å². The number of carbonyl (C=O) groups is 1. The van der Waals surface area contributed by atoms with Crippen LogP contribution in [-0.2, 0) is 0 Å². The monoisotopic (exact) mass is 191 g/mol. The normalized spacial score (nSPS) is 9.64. The van der Waals surface area contributed by atoms with Crippen LogP contribution in [0.3, 0.4) is 0 Å². The predicted octanol–water partition coefficient (Wildman–Crippen LogP) is 1.60. The van der Waals surface area contributed by atoms with Gasteiger partial charge in [-0.15, -0.1) is 0 Å². The van der Waals surface area contributed by atoms with Crippen molar-refractivity contribution in [3.63, 3.8) is 0 Å². The van der Waals surface area contributed by atoms with Crippen molar-refractivity contribution in [1.29, 1.82) is 0 Å².